The summed E-state index contributed by atoms with van der Waals surface area (Å²) in [7, 11) is -3.56. The van der Waals surface area contributed by atoms with Gasteiger partial charge in [-0.25, -0.2) is 0 Å². The molecule has 0 radical (unpaired) electrons. The number of piperidine rings is 1. The zero-order valence-corrected chi connectivity index (χ0v) is 13.9. The Balaban J connectivity index is 2.21. The van der Waals surface area contributed by atoms with Gasteiger partial charge >= 0.3 is 10.2 Å². The number of aryl methyl sites for hydroxylation is 1. The van der Waals surface area contributed by atoms with Gasteiger partial charge in [-0.1, -0.05) is 12.5 Å². The zero-order valence-electron chi connectivity index (χ0n) is 11.5. The van der Waals surface area contributed by atoms with E-state index in [0.717, 1.165) is 29.3 Å². The molecular formula is C13H20BrN3O2S. The van der Waals surface area contributed by atoms with E-state index in [-0.39, 0.29) is 6.04 Å². The molecule has 0 saturated carbocycles. The number of nitrogens with one attached hydrogen (secondary N) is 1. The highest BCUT2D eigenvalue weighted by atomic mass is 79.9. The van der Waals surface area contributed by atoms with Crippen LogP contribution in [0.5, 0.6) is 0 Å². The monoisotopic (exact) mass is 361 g/mol. The summed E-state index contributed by atoms with van der Waals surface area (Å²) in [6.45, 7) is 2.84. The molecule has 1 saturated heterocycles. The van der Waals surface area contributed by atoms with Crippen molar-refractivity contribution in [2.45, 2.75) is 32.2 Å². The summed E-state index contributed by atoms with van der Waals surface area (Å²) >= 11 is 3.39. The first kappa shape index (κ1) is 15.8. The maximum Gasteiger partial charge on any atom is 0.301 e. The van der Waals surface area contributed by atoms with Crippen molar-refractivity contribution in [2.75, 3.05) is 17.8 Å². The van der Waals surface area contributed by atoms with Crippen molar-refractivity contribution in [3.8, 4) is 0 Å². The van der Waals surface area contributed by atoms with Gasteiger partial charge in [-0.2, -0.15) is 12.7 Å². The molecule has 1 aliphatic rings. The molecule has 1 heterocycles. The maximum absolute atomic E-state index is 12.5. The van der Waals surface area contributed by atoms with E-state index in [1.54, 1.807) is 6.07 Å². The minimum absolute atomic E-state index is 0.106. The van der Waals surface area contributed by atoms with Gasteiger partial charge in [0.05, 0.1) is 5.69 Å². The van der Waals surface area contributed by atoms with Gasteiger partial charge in [-0.05, 0) is 53.4 Å². The molecule has 3 N–H and O–H groups in total. The third kappa shape index (κ3) is 3.52. The molecule has 0 aliphatic carbocycles. The Morgan fingerprint density at radius 1 is 1.45 bits per heavy atom. The summed E-state index contributed by atoms with van der Waals surface area (Å²) in [4.78, 5) is 0. The summed E-state index contributed by atoms with van der Waals surface area (Å²) in [6.07, 6.45) is 2.74. The van der Waals surface area contributed by atoms with Crippen LogP contribution in [0.15, 0.2) is 22.7 Å². The minimum Gasteiger partial charge on any atom is -0.329 e. The number of benzene rings is 1. The number of nitrogens with zero attached hydrogens (tertiary/aromatic N) is 1. The number of rotatable bonds is 4. The smallest absolute Gasteiger partial charge is 0.301 e. The van der Waals surface area contributed by atoms with Crippen molar-refractivity contribution in [2.24, 2.45) is 5.73 Å². The van der Waals surface area contributed by atoms with E-state index in [4.69, 9.17) is 5.73 Å². The van der Waals surface area contributed by atoms with E-state index in [1.165, 1.54) is 4.31 Å². The Morgan fingerprint density at radius 2 is 2.20 bits per heavy atom. The third-order valence-electron chi connectivity index (χ3n) is 3.52. The zero-order chi connectivity index (χ0) is 14.8. The topological polar surface area (TPSA) is 75.4 Å². The highest BCUT2D eigenvalue weighted by molar-refractivity contribution is 9.10. The van der Waals surface area contributed by atoms with Gasteiger partial charge in [-0.3, -0.25) is 4.72 Å². The number of hydrogen-bond donors (Lipinski definition) is 2. The van der Waals surface area contributed by atoms with E-state index in [0.29, 0.717) is 18.8 Å². The van der Waals surface area contributed by atoms with Crippen LogP contribution in [0.4, 0.5) is 5.69 Å². The van der Waals surface area contributed by atoms with E-state index < -0.39 is 10.2 Å². The largest absolute Gasteiger partial charge is 0.329 e. The minimum atomic E-state index is -3.56. The fourth-order valence-electron chi connectivity index (χ4n) is 2.43. The van der Waals surface area contributed by atoms with Crippen LogP contribution in [0.3, 0.4) is 0 Å². The first-order chi connectivity index (χ1) is 9.44. The van der Waals surface area contributed by atoms with E-state index in [9.17, 15) is 8.42 Å². The van der Waals surface area contributed by atoms with Crippen molar-refractivity contribution in [3.63, 3.8) is 0 Å². The molecule has 0 spiro atoms. The van der Waals surface area contributed by atoms with Crippen LogP contribution < -0.4 is 10.5 Å². The van der Waals surface area contributed by atoms with Crippen molar-refractivity contribution in [1.82, 2.24) is 4.31 Å². The molecule has 2 rings (SSSR count). The molecule has 1 fully saturated rings. The van der Waals surface area contributed by atoms with Crippen LogP contribution in [-0.2, 0) is 10.2 Å². The van der Waals surface area contributed by atoms with Crippen LogP contribution >= 0.6 is 15.9 Å². The summed E-state index contributed by atoms with van der Waals surface area (Å²) in [5.41, 5.74) is 7.31. The lowest BCUT2D eigenvalue weighted by atomic mass is 10.1. The first-order valence-corrected chi connectivity index (χ1v) is 8.93. The first-order valence-electron chi connectivity index (χ1n) is 6.70. The highest BCUT2D eigenvalue weighted by Crippen LogP contribution is 2.27. The molecule has 1 unspecified atom stereocenters. The summed E-state index contributed by atoms with van der Waals surface area (Å²) < 4.78 is 29.9. The Hall–Kier alpha value is -0.630. The lowest BCUT2D eigenvalue weighted by molar-refractivity contribution is 0.259. The van der Waals surface area contributed by atoms with Gasteiger partial charge in [0.15, 0.2) is 0 Å². The molecule has 0 bridgehead atoms. The van der Waals surface area contributed by atoms with E-state index in [2.05, 4.69) is 20.7 Å². The fraction of sp³-hybridized carbons (Fsp3) is 0.538. The van der Waals surface area contributed by atoms with Gasteiger partial charge in [0.2, 0.25) is 0 Å². The second-order valence-electron chi connectivity index (χ2n) is 5.09. The van der Waals surface area contributed by atoms with Gasteiger partial charge in [0.1, 0.15) is 0 Å². The summed E-state index contributed by atoms with van der Waals surface area (Å²) in [5.74, 6) is 0. The number of nitrogens with two attached hydrogens (primary N) is 1. The lowest BCUT2D eigenvalue weighted by Crippen LogP contribution is -2.49. The molecule has 112 valence electrons. The fourth-order valence-corrected chi connectivity index (χ4v) is 4.68. The molecule has 1 aromatic rings. The third-order valence-corrected chi connectivity index (χ3v) is 5.75. The summed E-state index contributed by atoms with van der Waals surface area (Å²) in [5, 5.41) is 0. The average Bonchev–Trinajstić information content (AvgIpc) is 2.42. The van der Waals surface area contributed by atoms with Crippen LogP contribution in [0.2, 0.25) is 0 Å². The molecule has 0 aromatic heterocycles. The molecule has 1 atom stereocenters. The quantitative estimate of drug-likeness (QED) is 0.863. The van der Waals surface area contributed by atoms with E-state index in [1.807, 2.05) is 19.1 Å². The van der Waals surface area contributed by atoms with Gasteiger partial charge in [0, 0.05) is 23.6 Å². The molecule has 7 heteroatoms. The van der Waals surface area contributed by atoms with Gasteiger partial charge in [0.25, 0.3) is 0 Å². The second-order valence-corrected chi connectivity index (χ2v) is 7.56. The molecule has 1 aliphatic heterocycles. The van der Waals surface area contributed by atoms with Crippen molar-refractivity contribution < 1.29 is 8.42 Å². The van der Waals surface area contributed by atoms with Crippen molar-refractivity contribution in [1.29, 1.82) is 0 Å². The van der Waals surface area contributed by atoms with Gasteiger partial charge < -0.3 is 5.73 Å². The Kier molecular flexibility index (Phi) is 5.06. The normalized spacial score (nSPS) is 20.9. The maximum atomic E-state index is 12.5. The Bertz CT molecular complexity index is 577. The number of halogens is 1. The van der Waals surface area contributed by atoms with Crippen molar-refractivity contribution in [3.05, 3.63) is 28.2 Å². The highest BCUT2D eigenvalue weighted by Gasteiger charge is 2.31. The second kappa shape index (κ2) is 6.43. The number of hydrogen-bond acceptors (Lipinski definition) is 3. The predicted molar refractivity (Wildman–Crippen MR) is 84.8 cm³/mol. The average molecular weight is 362 g/mol. The molecule has 5 nitrogen and oxygen atoms in total. The molecule has 20 heavy (non-hydrogen) atoms. The Labute approximate surface area is 128 Å². The standard InChI is InChI=1S/C13H20BrN3O2S/c1-10-5-6-13(12(14)8-10)16-20(18,19)17-7-3-2-4-11(17)9-15/h5-6,8,11,16H,2-4,7,9,15H2,1H3. The van der Waals surface area contributed by atoms with Crippen LogP contribution in [0.1, 0.15) is 24.8 Å². The van der Waals surface area contributed by atoms with E-state index >= 15 is 0 Å². The van der Waals surface area contributed by atoms with Crippen LogP contribution in [0, 0.1) is 6.92 Å². The lowest BCUT2D eigenvalue weighted by Gasteiger charge is -2.34. The molecular weight excluding hydrogens is 342 g/mol. The van der Waals surface area contributed by atoms with Crippen LogP contribution in [0.25, 0.3) is 0 Å². The van der Waals surface area contributed by atoms with Gasteiger partial charge in [-0.15, -0.1) is 0 Å². The number of anilines is 1. The molecule has 1 aromatic carbocycles. The SMILES string of the molecule is Cc1ccc(NS(=O)(=O)N2CCCCC2CN)c(Br)c1. The summed E-state index contributed by atoms with van der Waals surface area (Å²) in [6, 6.07) is 5.41. The predicted octanol–water partition coefficient (Wildman–Crippen LogP) is 2.23. The Morgan fingerprint density at radius 3 is 2.85 bits per heavy atom. The van der Waals surface area contributed by atoms with Crippen molar-refractivity contribution >= 4 is 31.8 Å². The van der Waals surface area contributed by atoms with Crippen LogP contribution in [-0.4, -0.2) is 31.9 Å². The molecule has 0 amide bonds.